The Morgan fingerprint density at radius 2 is 2.11 bits per heavy atom. The molecule has 0 bridgehead atoms. The van der Waals surface area contributed by atoms with Gasteiger partial charge < -0.3 is 10.8 Å². The molecule has 0 amide bonds. The number of nitrogens with one attached hydrogen (secondary N) is 1. The van der Waals surface area contributed by atoms with E-state index in [2.05, 4.69) is 0 Å². The molecule has 1 aromatic heterocycles. The van der Waals surface area contributed by atoms with Crippen molar-refractivity contribution >= 4 is 62.9 Å². The second-order valence-corrected chi connectivity index (χ2v) is 7.01. The summed E-state index contributed by atoms with van der Waals surface area (Å²) in [6.07, 6.45) is 0. The van der Waals surface area contributed by atoms with E-state index in [1.54, 1.807) is 0 Å². The van der Waals surface area contributed by atoms with Gasteiger partial charge in [-0.3, -0.25) is 4.79 Å². The maximum Gasteiger partial charge on any atom is 0.321 e. The largest absolute Gasteiger partial charge is 0.480 e. The highest BCUT2D eigenvalue weighted by atomic mass is 35.5. The smallest absolute Gasteiger partial charge is 0.321 e. The third kappa shape index (κ3) is 4.54. The minimum Gasteiger partial charge on any atom is -0.480 e. The minimum atomic E-state index is -3.90. The molecule has 1 heterocycles. The Kier molecular flexibility index (Phi) is 6.86. The second kappa shape index (κ2) is 6.90. The third-order valence-corrected chi connectivity index (χ3v) is 4.90. The molecule has 1 rings (SSSR count). The Balaban J connectivity index is 0.00000289. The van der Waals surface area contributed by atoms with Gasteiger partial charge in [0.15, 0.2) is 0 Å². The van der Waals surface area contributed by atoms with Crippen LogP contribution in [0.3, 0.4) is 0 Å². The predicted molar refractivity (Wildman–Crippen MR) is 72.4 cm³/mol. The second-order valence-electron chi connectivity index (χ2n) is 2.99. The fourth-order valence-corrected chi connectivity index (χ4v) is 4.08. The first kappa shape index (κ1) is 17.9. The lowest BCUT2D eigenvalue weighted by Gasteiger charge is -2.08. The van der Waals surface area contributed by atoms with Crippen LogP contribution in [0, 0.1) is 0 Å². The van der Waals surface area contributed by atoms with Crippen LogP contribution in [-0.2, 0) is 14.8 Å². The van der Waals surface area contributed by atoms with Crippen LogP contribution in [0.5, 0.6) is 0 Å². The standard InChI is InChI=1S/C7H8Cl2N2O4S2.ClH/c8-5-1-4(6(9)16-5)17(14,15)11-2-3(10)7(12)13;/h1,3,11H,2,10H2,(H,12,13);1H. The molecule has 11 heteroatoms. The van der Waals surface area contributed by atoms with Crippen LogP contribution in [0.25, 0.3) is 0 Å². The Bertz CT molecular complexity index is 531. The number of carboxylic acid groups (broad SMARTS) is 1. The summed E-state index contributed by atoms with van der Waals surface area (Å²) in [5.41, 5.74) is 5.16. The highest BCUT2D eigenvalue weighted by molar-refractivity contribution is 7.89. The van der Waals surface area contributed by atoms with Crippen LogP contribution in [0.1, 0.15) is 0 Å². The summed E-state index contributed by atoms with van der Waals surface area (Å²) in [4.78, 5) is 10.2. The van der Waals surface area contributed by atoms with Crippen molar-refractivity contribution in [1.29, 1.82) is 0 Å². The number of rotatable bonds is 5. The van der Waals surface area contributed by atoms with Crippen LogP contribution >= 0.6 is 46.9 Å². The monoisotopic (exact) mass is 354 g/mol. The van der Waals surface area contributed by atoms with Crippen LogP contribution in [0.15, 0.2) is 11.0 Å². The molecule has 1 atom stereocenters. The lowest BCUT2D eigenvalue weighted by molar-refractivity contribution is -0.138. The number of halogens is 3. The Morgan fingerprint density at radius 1 is 1.56 bits per heavy atom. The van der Waals surface area contributed by atoms with Crippen molar-refractivity contribution in [3.63, 3.8) is 0 Å². The summed E-state index contributed by atoms with van der Waals surface area (Å²) in [5.74, 6) is -1.30. The molecule has 0 aliphatic carbocycles. The number of aliphatic carboxylic acids is 1. The number of sulfonamides is 1. The van der Waals surface area contributed by atoms with Gasteiger partial charge in [-0.05, 0) is 6.07 Å². The van der Waals surface area contributed by atoms with E-state index in [0.29, 0.717) is 0 Å². The topological polar surface area (TPSA) is 109 Å². The highest BCUT2D eigenvalue weighted by Gasteiger charge is 2.22. The summed E-state index contributed by atoms with van der Waals surface area (Å²) < 4.78 is 25.7. The van der Waals surface area contributed by atoms with Crippen molar-refractivity contribution in [2.24, 2.45) is 5.73 Å². The molecule has 6 nitrogen and oxygen atoms in total. The average molecular weight is 356 g/mol. The zero-order valence-electron chi connectivity index (χ0n) is 8.59. The maximum atomic E-state index is 11.7. The van der Waals surface area contributed by atoms with Gasteiger partial charge in [-0.15, -0.1) is 23.7 Å². The maximum absolute atomic E-state index is 11.7. The zero-order chi connectivity index (χ0) is 13.2. The van der Waals surface area contributed by atoms with E-state index < -0.39 is 28.6 Å². The molecule has 104 valence electrons. The van der Waals surface area contributed by atoms with E-state index in [-0.39, 0.29) is 26.0 Å². The van der Waals surface area contributed by atoms with Gasteiger partial charge in [-0.2, -0.15) is 0 Å². The van der Waals surface area contributed by atoms with Gasteiger partial charge in [0.05, 0.1) is 4.34 Å². The SMILES string of the molecule is Cl.NC(CNS(=O)(=O)c1cc(Cl)sc1Cl)C(=O)O. The molecule has 0 aromatic carbocycles. The van der Waals surface area contributed by atoms with Crippen molar-refractivity contribution in [2.45, 2.75) is 10.9 Å². The summed E-state index contributed by atoms with van der Waals surface area (Å²) in [6, 6.07) is -0.138. The molecule has 0 radical (unpaired) electrons. The van der Waals surface area contributed by atoms with Gasteiger partial charge in [-0.25, -0.2) is 13.1 Å². The van der Waals surface area contributed by atoms with Gasteiger partial charge in [0.2, 0.25) is 10.0 Å². The van der Waals surface area contributed by atoms with Crippen LogP contribution in [0.2, 0.25) is 8.67 Å². The first-order valence-electron chi connectivity index (χ1n) is 4.17. The normalized spacial score (nSPS) is 12.8. The molecular weight excluding hydrogens is 347 g/mol. The Hall–Kier alpha value is -0.0900. The van der Waals surface area contributed by atoms with E-state index in [9.17, 15) is 13.2 Å². The van der Waals surface area contributed by atoms with E-state index >= 15 is 0 Å². The Labute approximate surface area is 124 Å². The van der Waals surface area contributed by atoms with E-state index in [1.165, 1.54) is 6.07 Å². The van der Waals surface area contributed by atoms with Gasteiger partial charge in [0, 0.05) is 6.54 Å². The number of hydrogen-bond donors (Lipinski definition) is 3. The average Bonchev–Trinajstić information content (AvgIpc) is 2.55. The van der Waals surface area contributed by atoms with Crippen molar-refractivity contribution < 1.29 is 18.3 Å². The van der Waals surface area contributed by atoms with E-state index in [0.717, 1.165) is 11.3 Å². The van der Waals surface area contributed by atoms with Crippen LogP contribution in [-0.4, -0.2) is 32.1 Å². The summed E-state index contributed by atoms with van der Waals surface area (Å²) in [5, 5.41) is 8.50. The number of carbonyl (C=O) groups is 1. The van der Waals surface area contributed by atoms with Crippen molar-refractivity contribution in [2.75, 3.05) is 6.54 Å². The number of thiophene rings is 1. The quantitative estimate of drug-likeness (QED) is 0.734. The van der Waals surface area contributed by atoms with Crippen LogP contribution in [0.4, 0.5) is 0 Å². The van der Waals surface area contributed by atoms with Gasteiger partial charge in [0.1, 0.15) is 15.3 Å². The first-order chi connectivity index (χ1) is 7.74. The summed E-state index contributed by atoms with van der Waals surface area (Å²) >= 11 is 12.2. The molecule has 4 N–H and O–H groups in total. The number of hydrogen-bond acceptors (Lipinski definition) is 5. The van der Waals surface area contributed by atoms with E-state index in [1.807, 2.05) is 4.72 Å². The van der Waals surface area contributed by atoms with Crippen molar-refractivity contribution in [1.82, 2.24) is 4.72 Å². The molecule has 0 saturated heterocycles. The van der Waals surface area contributed by atoms with Gasteiger partial charge in [0.25, 0.3) is 0 Å². The lowest BCUT2D eigenvalue weighted by Crippen LogP contribution is -2.42. The van der Waals surface area contributed by atoms with Gasteiger partial charge in [-0.1, -0.05) is 23.2 Å². The Morgan fingerprint density at radius 3 is 2.50 bits per heavy atom. The van der Waals surface area contributed by atoms with Crippen molar-refractivity contribution in [3.05, 3.63) is 14.7 Å². The molecule has 0 aliphatic heterocycles. The molecule has 0 fully saturated rings. The number of carboxylic acids is 1. The third-order valence-electron chi connectivity index (χ3n) is 1.73. The molecule has 1 unspecified atom stereocenters. The molecule has 0 aliphatic rings. The fraction of sp³-hybridized carbons (Fsp3) is 0.286. The molecule has 18 heavy (non-hydrogen) atoms. The van der Waals surface area contributed by atoms with Gasteiger partial charge >= 0.3 is 5.97 Å². The molecule has 0 saturated carbocycles. The fourth-order valence-electron chi connectivity index (χ4n) is 0.873. The first-order valence-corrected chi connectivity index (χ1v) is 7.22. The van der Waals surface area contributed by atoms with Crippen molar-refractivity contribution in [3.8, 4) is 0 Å². The highest BCUT2D eigenvalue weighted by Crippen LogP contribution is 2.33. The molecule has 1 aromatic rings. The zero-order valence-corrected chi connectivity index (χ0v) is 12.6. The molecule has 0 spiro atoms. The summed E-state index contributed by atoms with van der Waals surface area (Å²) in [7, 11) is -3.90. The minimum absolute atomic E-state index is 0. The lowest BCUT2D eigenvalue weighted by atomic mass is 10.3. The molecular formula is C7H9Cl3N2O4S2. The van der Waals surface area contributed by atoms with Crippen LogP contribution < -0.4 is 10.5 Å². The number of nitrogens with two attached hydrogens (primary N) is 1. The van der Waals surface area contributed by atoms with E-state index in [4.69, 9.17) is 34.0 Å². The predicted octanol–water partition coefficient (Wildman–Crippen LogP) is 1.17. The summed E-state index contributed by atoms with van der Waals surface area (Å²) in [6.45, 7) is -0.429.